The third-order valence-corrected chi connectivity index (χ3v) is 2.74. The van der Waals surface area contributed by atoms with Crippen molar-refractivity contribution in [1.82, 2.24) is 14.7 Å². The van der Waals surface area contributed by atoms with Gasteiger partial charge < -0.3 is 4.74 Å². The maximum atomic E-state index is 11.5. The summed E-state index contributed by atoms with van der Waals surface area (Å²) in [7, 11) is -4.20. The predicted molar refractivity (Wildman–Crippen MR) is 69.3 cm³/mol. The molecule has 0 aliphatic heterocycles. The number of hydrogen-bond donors (Lipinski definition) is 2. The van der Waals surface area contributed by atoms with E-state index >= 15 is 0 Å². The number of aromatic nitrogens is 2. The molecule has 1 rings (SSSR count). The minimum Gasteiger partial charge on any atom is -0.446 e. The molecule has 106 valence electrons. The van der Waals surface area contributed by atoms with Gasteiger partial charge in [-0.1, -0.05) is 11.6 Å². The van der Waals surface area contributed by atoms with Crippen LogP contribution in [0.1, 0.15) is 13.8 Å². The summed E-state index contributed by atoms with van der Waals surface area (Å²) in [6.45, 7) is 3.15. The van der Waals surface area contributed by atoms with E-state index < -0.39 is 22.4 Å². The van der Waals surface area contributed by atoms with Gasteiger partial charge in [-0.2, -0.15) is 13.4 Å². The molecule has 19 heavy (non-hydrogen) atoms. The molecule has 0 radical (unpaired) electrons. The molecular weight excluding hydrogens is 319 g/mol. The van der Waals surface area contributed by atoms with E-state index in [4.69, 9.17) is 23.2 Å². The van der Waals surface area contributed by atoms with E-state index in [0.717, 1.165) is 6.07 Å². The highest BCUT2D eigenvalue weighted by atomic mass is 35.5. The Morgan fingerprint density at radius 1 is 1.37 bits per heavy atom. The normalized spacial score (nSPS) is 11.2. The van der Waals surface area contributed by atoms with Gasteiger partial charge in [0.2, 0.25) is 5.28 Å². The van der Waals surface area contributed by atoms with E-state index in [1.165, 1.54) is 0 Å². The van der Waals surface area contributed by atoms with Crippen LogP contribution in [0, 0.1) is 0 Å². The Morgan fingerprint density at radius 3 is 2.53 bits per heavy atom. The maximum absolute atomic E-state index is 11.5. The molecule has 0 aromatic carbocycles. The van der Waals surface area contributed by atoms with Crippen LogP contribution >= 0.6 is 23.2 Å². The first-order chi connectivity index (χ1) is 8.68. The van der Waals surface area contributed by atoms with Gasteiger partial charge in [-0.15, -0.1) is 0 Å². The largest absolute Gasteiger partial charge is 0.446 e. The highest BCUT2D eigenvalue weighted by Crippen LogP contribution is 2.14. The fourth-order valence-corrected chi connectivity index (χ4v) is 2.06. The van der Waals surface area contributed by atoms with Gasteiger partial charge in [0.25, 0.3) is 0 Å². The second kappa shape index (κ2) is 6.22. The van der Waals surface area contributed by atoms with Crippen LogP contribution in [-0.4, -0.2) is 30.6 Å². The number of halogens is 2. The summed E-state index contributed by atoms with van der Waals surface area (Å²) in [6.07, 6.45) is -1.58. The molecule has 1 heterocycles. The van der Waals surface area contributed by atoms with Crippen molar-refractivity contribution < 1.29 is 17.9 Å². The summed E-state index contributed by atoms with van der Waals surface area (Å²) in [5.41, 5.74) is 0. The van der Waals surface area contributed by atoms with Crippen molar-refractivity contribution in [2.45, 2.75) is 20.0 Å². The van der Waals surface area contributed by atoms with E-state index in [1.807, 2.05) is 4.72 Å². The number of nitrogens with zero attached hydrogens (tertiary/aromatic N) is 2. The van der Waals surface area contributed by atoms with Crippen LogP contribution in [0.25, 0.3) is 0 Å². The van der Waals surface area contributed by atoms with Gasteiger partial charge in [-0.25, -0.2) is 19.2 Å². The average molecular weight is 329 g/mol. The van der Waals surface area contributed by atoms with Crippen LogP contribution in [0.2, 0.25) is 10.4 Å². The number of hydrogen-bond acceptors (Lipinski definition) is 6. The lowest BCUT2D eigenvalue weighted by molar-refractivity contribution is 0.121. The van der Waals surface area contributed by atoms with Crippen LogP contribution in [-0.2, 0) is 14.9 Å². The molecule has 0 unspecified atom stereocenters. The van der Waals surface area contributed by atoms with Crippen LogP contribution < -0.4 is 9.44 Å². The Hall–Kier alpha value is -1.32. The molecule has 0 saturated heterocycles. The van der Waals surface area contributed by atoms with Gasteiger partial charge in [-0.3, -0.25) is 0 Å². The summed E-state index contributed by atoms with van der Waals surface area (Å²) in [4.78, 5) is 18.3. The van der Waals surface area contributed by atoms with Gasteiger partial charge in [0.1, 0.15) is 11.0 Å². The molecule has 0 aliphatic carbocycles. The molecule has 2 N–H and O–H groups in total. The second-order valence-corrected chi connectivity index (χ2v) is 5.65. The third kappa shape index (κ3) is 5.90. The molecule has 0 spiro atoms. The smallest absolute Gasteiger partial charge is 0.422 e. The lowest BCUT2D eigenvalue weighted by atomic mass is 10.5. The zero-order valence-electron chi connectivity index (χ0n) is 9.85. The number of nitrogens with one attached hydrogen (secondary N) is 2. The lowest BCUT2D eigenvalue weighted by Crippen LogP contribution is -2.37. The molecule has 0 bridgehead atoms. The molecule has 1 aromatic heterocycles. The number of ether oxygens (including phenoxy) is 1. The molecule has 0 fully saturated rings. The average Bonchev–Trinajstić information content (AvgIpc) is 2.10. The Morgan fingerprint density at radius 2 is 2.00 bits per heavy atom. The van der Waals surface area contributed by atoms with Gasteiger partial charge in [0, 0.05) is 6.07 Å². The third-order valence-electron chi connectivity index (χ3n) is 1.47. The topological polar surface area (TPSA) is 110 Å². The quantitative estimate of drug-likeness (QED) is 0.641. The van der Waals surface area contributed by atoms with Gasteiger partial charge >= 0.3 is 16.3 Å². The lowest BCUT2D eigenvalue weighted by Gasteiger charge is -2.11. The van der Waals surface area contributed by atoms with Gasteiger partial charge in [0.15, 0.2) is 0 Å². The first kappa shape index (κ1) is 15.7. The van der Waals surface area contributed by atoms with Crippen LogP contribution in [0.3, 0.4) is 0 Å². The van der Waals surface area contributed by atoms with Crippen LogP contribution in [0.15, 0.2) is 6.07 Å². The molecule has 11 heteroatoms. The number of anilines is 1. The Balaban J connectivity index is 2.76. The Bertz CT molecular complexity index is 558. The fraction of sp³-hybridized carbons (Fsp3) is 0.375. The first-order valence-corrected chi connectivity index (χ1v) is 7.13. The minimum absolute atomic E-state index is 0.0533. The summed E-state index contributed by atoms with van der Waals surface area (Å²) in [6, 6.07) is 1.13. The summed E-state index contributed by atoms with van der Waals surface area (Å²) in [5.74, 6) is -0.185. The molecule has 1 amide bonds. The number of rotatable bonds is 4. The predicted octanol–water partition coefficient (Wildman–Crippen LogP) is 1.57. The fourth-order valence-electron chi connectivity index (χ4n) is 0.953. The van der Waals surface area contributed by atoms with Gasteiger partial charge in [0.05, 0.1) is 6.10 Å². The minimum atomic E-state index is -4.20. The SMILES string of the molecule is CC(C)OC(=O)NS(=O)(=O)Nc1cc(Cl)nc(Cl)n1. The zero-order valence-corrected chi connectivity index (χ0v) is 12.2. The van der Waals surface area contributed by atoms with E-state index in [-0.39, 0.29) is 16.3 Å². The summed E-state index contributed by atoms with van der Waals surface area (Å²) >= 11 is 11.1. The Labute approximate surface area is 119 Å². The molecule has 0 atom stereocenters. The van der Waals surface area contributed by atoms with E-state index in [2.05, 4.69) is 14.7 Å². The molecule has 1 aromatic rings. The molecule has 8 nitrogen and oxygen atoms in total. The van der Waals surface area contributed by atoms with Crippen molar-refractivity contribution in [2.75, 3.05) is 4.72 Å². The van der Waals surface area contributed by atoms with E-state index in [0.29, 0.717) is 0 Å². The number of carbonyl (C=O) groups is 1. The standard InChI is InChI=1S/C8H10Cl2N4O4S/c1-4(2)18-8(15)14-19(16,17)13-6-3-5(9)11-7(10)12-6/h3-4H,1-2H3,(H,14,15)(H,11,12,13). The van der Waals surface area contributed by atoms with Crippen molar-refractivity contribution in [1.29, 1.82) is 0 Å². The second-order valence-electron chi connectivity index (χ2n) is 3.51. The van der Waals surface area contributed by atoms with Crippen molar-refractivity contribution in [3.63, 3.8) is 0 Å². The number of amides is 1. The van der Waals surface area contributed by atoms with Crippen molar-refractivity contribution in [3.8, 4) is 0 Å². The van der Waals surface area contributed by atoms with Crippen molar-refractivity contribution >= 4 is 45.3 Å². The molecule has 0 aliphatic rings. The highest BCUT2D eigenvalue weighted by molar-refractivity contribution is 7.91. The zero-order chi connectivity index (χ0) is 14.6. The summed E-state index contributed by atoms with van der Waals surface area (Å²) in [5, 5.41) is -0.294. The monoisotopic (exact) mass is 328 g/mol. The van der Waals surface area contributed by atoms with Crippen molar-refractivity contribution in [2.24, 2.45) is 0 Å². The number of carbonyl (C=O) groups excluding carboxylic acids is 1. The van der Waals surface area contributed by atoms with Crippen LogP contribution in [0.4, 0.5) is 10.6 Å². The van der Waals surface area contributed by atoms with Crippen LogP contribution in [0.5, 0.6) is 0 Å². The molecular formula is C8H10Cl2N4O4S. The highest BCUT2D eigenvalue weighted by Gasteiger charge is 2.17. The first-order valence-electron chi connectivity index (χ1n) is 4.89. The Kier molecular flexibility index (Phi) is 5.15. The maximum Gasteiger partial charge on any atom is 0.422 e. The van der Waals surface area contributed by atoms with E-state index in [1.54, 1.807) is 18.6 Å². The summed E-state index contributed by atoms with van der Waals surface area (Å²) < 4.78 is 31.3. The molecule has 0 saturated carbocycles. The van der Waals surface area contributed by atoms with Crippen molar-refractivity contribution in [3.05, 3.63) is 16.5 Å². The van der Waals surface area contributed by atoms with Gasteiger partial charge in [-0.05, 0) is 25.4 Å². The van der Waals surface area contributed by atoms with E-state index in [9.17, 15) is 13.2 Å².